The molecule has 3 aromatic rings. The highest BCUT2D eigenvalue weighted by atomic mass is 35.5. The topological polar surface area (TPSA) is 37.4 Å². The summed E-state index contributed by atoms with van der Waals surface area (Å²) in [6.45, 7) is 3.83. The van der Waals surface area contributed by atoms with Crippen LogP contribution in [0.15, 0.2) is 84.3 Å². The Kier molecular flexibility index (Phi) is 4.60. The van der Waals surface area contributed by atoms with E-state index in [0.29, 0.717) is 10.7 Å². The Hall–Kier alpha value is -2.30. The van der Waals surface area contributed by atoms with E-state index in [-0.39, 0.29) is 11.4 Å². The van der Waals surface area contributed by atoms with Gasteiger partial charge in [-0.05, 0) is 41.1 Å². The van der Waals surface area contributed by atoms with E-state index in [1.165, 1.54) is 4.31 Å². The summed E-state index contributed by atoms with van der Waals surface area (Å²) in [7, 11) is -3.72. The predicted molar refractivity (Wildman–Crippen MR) is 100 cm³/mol. The number of anilines is 1. The van der Waals surface area contributed by atoms with E-state index in [1.807, 2.05) is 30.3 Å². The van der Waals surface area contributed by atoms with Gasteiger partial charge in [-0.25, -0.2) is 8.42 Å². The molecule has 0 saturated heterocycles. The Morgan fingerprint density at radius 1 is 0.958 bits per heavy atom. The van der Waals surface area contributed by atoms with Gasteiger partial charge in [-0.3, -0.25) is 4.31 Å². The molecular formula is C19H16ClNO2S. The average molecular weight is 358 g/mol. The molecule has 0 spiro atoms. The van der Waals surface area contributed by atoms with Crippen LogP contribution >= 0.6 is 11.6 Å². The fraction of sp³-hybridized carbons (Fsp3) is 0.0526. The van der Waals surface area contributed by atoms with Gasteiger partial charge in [-0.1, -0.05) is 54.1 Å². The summed E-state index contributed by atoms with van der Waals surface area (Å²) in [5.41, 5.74) is 0.510. The zero-order valence-corrected chi connectivity index (χ0v) is 14.5. The van der Waals surface area contributed by atoms with Gasteiger partial charge in [0, 0.05) is 5.02 Å². The van der Waals surface area contributed by atoms with Crippen LogP contribution in [0.4, 0.5) is 5.69 Å². The number of rotatable bonds is 5. The molecule has 0 N–H and O–H groups in total. The number of fused-ring (bicyclic) bond motifs is 1. The zero-order valence-electron chi connectivity index (χ0n) is 12.9. The standard InChI is InChI=1S/C19H16ClNO2S/c1-2-12-21(18-9-5-8-17(20)14-18)24(22,23)19-11-10-15-6-3-4-7-16(15)13-19/h2-11,13-14H,1,12H2. The SMILES string of the molecule is C=CCN(c1cccc(Cl)c1)S(=O)(=O)c1ccc2ccccc2c1. The van der Waals surface area contributed by atoms with Crippen molar-refractivity contribution in [1.29, 1.82) is 0 Å². The molecule has 0 radical (unpaired) electrons. The first kappa shape index (κ1) is 16.6. The minimum atomic E-state index is -3.72. The van der Waals surface area contributed by atoms with Gasteiger partial charge in [-0.2, -0.15) is 0 Å². The van der Waals surface area contributed by atoms with Gasteiger partial charge >= 0.3 is 0 Å². The van der Waals surface area contributed by atoms with E-state index in [0.717, 1.165) is 10.8 Å². The number of nitrogens with zero attached hydrogens (tertiary/aromatic N) is 1. The molecule has 0 aliphatic carbocycles. The van der Waals surface area contributed by atoms with E-state index < -0.39 is 10.0 Å². The molecule has 3 aromatic carbocycles. The fourth-order valence-corrected chi connectivity index (χ4v) is 4.19. The van der Waals surface area contributed by atoms with Crippen LogP contribution in [-0.2, 0) is 10.0 Å². The lowest BCUT2D eigenvalue weighted by Gasteiger charge is -2.23. The highest BCUT2D eigenvalue weighted by molar-refractivity contribution is 7.92. The summed E-state index contributed by atoms with van der Waals surface area (Å²) in [6, 6.07) is 19.6. The number of halogens is 1. The van der Waals surface area contributed by atoms with Crippen LogP contribution < -0.4 is 4.31 Å². The molecule has 0 heterocycles. The Morgan fingerprint density at radius 2 is 1.71 bits per heavy atom. The molecule has 0 aromatic heterocycles. The van der Waals surface area contributed by atoms with Gasteiger partial charge in [0.1, 0.15) is 0 Å². The van der Waals surface area contributed by atoms with Gasteiger partial charge in [0.25, 0.3) is 10.0 Å². The Labute approximate surface area is 146 Å². The maximum absolute atomic E-state index is 13.1. The average Bonchev–Trinajstić information content (AvgIpc) is 2.59. The van der Waals surface area contributed by atoms with Gasteiger partial charge in [-0.15, -0.1) is 6.58 Å². The molecule has 0 saturated carbocycles. The maximum atomic E-state index is 13.1. The summed E-state index contributed by atoms with van der Waals surface area (Å²) in [6.07, 6.45) is 1.56. The molecule has 0 unspecified atom stereocenters. The molecule has 0 bridgehead atoms. The first-order chi connectivity index (χ1) is 11.5. The molecule has 122 valence electrons. The Balaban J connectivity index is 2.12. The lowest BCUT2D eigenvalue weighted by Crippen LogP contribution is -2.31. The van der Waals surface area contributed by atoms with Gasteiger partial charge < -0.3 is 0 Å². The van der Waals surface area contributed by atoms with Crippen molar-refractivity contribution in [2.45, 2.75) is 4.90 Å². The maximum Gasteiger partial charge on any atom is 0.264 e. The summed E-state index contributed by atoms with van der Waals surface area (Å²) >= 11 is 6.02. The quantitative estimate of drug-likeness (QED) is 0.610. The highest BCUT2D eigenvalue weighted by Gasteiger charge is 2.24. The molecule has 5 heteroatoms. The lowest BCUT2D eigenvalue weighted by atomic mass is 10.1. The van der Waals surface area contributed by atoms with Crippen LogP contribution in [0.2, 0.25) is 5.02 Å². The molecule has 3 nitrogen and oxygen atoms in total. The monoisotopic (exact) mass is 357 g/mol. The van der Waals surface area contributed by atoms with E-state index in [1.54, 1.807) is 42.5 Å². The first-order valence-corrected chi connectivity index (χ1v) is 9.22. The van der Waals surface area contributed by atoms with Crippen LogP contribution in [0.25, 0.3) is 10.8 Å². The Bertz CT molecular complexity index is 999. The van der Waals surface area contributed by atoms with Crippen LogP contribution in [0.1, 0.15) is 0 Å². The van der Waals surface area contributed by atoms with E-state index in [2.05, 4.69) is 6.58 Å². The van der Waals surface area contributed by atoms with Crippen molar-refractivity contribution in [1.82, 2.24) is 0 Å². The van der Waals surface area contributed by atoms with Crippen molar-refractivity contribution in [3.63, 3.8) is 0 Å². The molecule has 0 fully saturated rings. The number of hydrogen-bond donors (Lipinski definition) is 0. The Morgan fingerprint density at radius 3 is 2.42 bits per heavy atom. The molecule has 0 atom stereocenters. The van der Waals surface area contributed by atoms with Crippen LogP contribution in [0.5, 0.6) is 0 Å². The lowest BCUT2D eigenvalue weighted by molar-refractivity contribution is 0.593. The normalized spacial score (nSPS) is 11.4. The van der Waals surface area contributed by atoms with Crippen molar-refractivity contribution in [3.05, 3.63) is 84.4 Å². The third-order valence-electron chi connectivity index (χ3n) is 3.70. The molecule has 3 rings (SSSR count). The van der Waals surface area contributed by atoms with Crippen molar-refractivity contribution >= 4 is 38.1 Å². The number of sulfonamides is 1. The van der Waals surface area contributed by atoms with Gasteiger partial charge in [0.2, 0.25) is 0 Å². The number of benzene rings is 3. The van der Waals surface area contributed by atoms with Crippen LogP contribution in [-0.4, -0.2) is 15.0 Å². The van der Waals surface area contributed by atoms with Crippen molar-refractivity contribution in [2.75, 3.05) is 10.8 Å². The smallest absolute Gasteiger partial charge is 0.262 e. The summed E-state index contributed by atoms with van der Waals surface area (Å²) in [4.78, 5) is 0.239. The van der Waals surface area contributed by atoms with E-state index in [4.69, 9.17) is 11.6 Å². The molecule has 0 amide bonds. The molecular weight excluding hydrogens is 342 g/mol. The second kappa shape index (κ2) is 6.67. The third kappa shape index (κ3) is 3.16. The summed E-state index contributed by atoms with van der Waals surface area (Å²) in [5.74, 6) is 0. The number of hydrogen-bond acceptors (Lipinski definition) is 2. The summed E-state index contributed by atoms with van der Waals surface area (Å²) in [5, 5.41) is 2.35. The van der Waals surface area contributed by atoms with Crippen molar-refractivity contribution in [3.8, 4) is 0 Å². The van der Waals surface area contributed by atoms with Gasteiger partial charge in [0.15, 0.2) is 0 Å². The second-order valence-corrected chi connectivity index (χ2v) is 7.61. The minimum absolute atomic E-state index is 0.162. The van der Waals surface area contributed by atoms with Gasteiger partial charge in [0.05, 0.1) is 17.1 Å². The zero-order chi connectivity index (χ0) is 17.2. The second-order valence-electron chi connectivity index (χ2n) is 5.31. The summed E-state index contributed by atoms with van der Waals surface area (Å²) < 4.78 is 27.5. The van der Waals surface area contributed by atoms with E-state index in [9.17, 15) is 8.42 Å². The van der Waals surface area contributed by atoms with Crippen molar-refractivity contribution < 1.29 is 8.42 Å². The predicted octanol–water partition coefficient (Wildman–Crippen LogP) is 4.87. The van der Waals surface area contributed by atoms with E-state index >= 15 is 0 Å². The van der Waals surface area contributed by atoms with Crippen molar-refractivity contribution in [2.24, 2.45) is 0 Å². The third-order valence-corrected chi connectivity index (χ3v) is 5.72. The molecule has 24 heavy (non-hydrogen) atoms. The van der Waals surface area contributed by atoms with Crippen LogP contribution in [0.3, 0.4) is 0 Å². The largest absolute Gasteiger partial charge is 0.264 e. The first-order valence-electron chi connectivity index (χ1n) is 7.40. The minimum Gasteiger partial charge on any atom is -0.262 e. The molecule has 0 aliphatic heterocycles. The fourth-order valence-electron chi connectivity index (χ4n) is 2.55. The van der Waals surface area contributed by atoms with Crippen LogP contribution in [0, 0.1) is 0 Å². The molecule has 0 aliphatic rings. The highest BCUT2D eigenvalue weighted by Crippen LogP contribution is 2.27.